The third-order valence-corrected chi connectivity index (χ3v) is 3.88. The standard InChI is InChI=1S/C13H8N2S/c1-2-14-11-4-10-6-13-12(15-7-16-13)5-9(10)3-8(1)11/h1-6H,7H2. The first-order chi connectivity index (χ1) is 7.90. The van der Waals surface area contributed by atoms with E-state index >= 15 is 0 Å². The molecule has 2 aliphatic rings. The van der Waals surface area contributed by atoms with Crippen molar-refractivity contribution >= 4 is 28.6 Å². The van der Waals surface area contributed by atoms with E-state index in [1.807, 2.05) is 12.3 Å². The van der Waals surface area contributed by atoms with Crippen molar-refractivity contribution in [2.24, 2.45) is 9.98 Å². The van der Waals surface area contributed by atoms with Gasteiger partial charge in [-0.2, -0.15) is 0 Å². The van der Waals surface area contributed by atoms with E-state index in [-0.39, 0.29) is 0 Å². The smallest absolute Gasteiger partial charge is 0.0898 e. The summed E-state index contributed by atoms with van der Waals surface area (Å²) in [5, 5.41) is 4.73. The fraction of sp³-hybridized carbons (Fsp3) is 0.0769. The van der Waals surface area contributed by atoms with Gasteiger partial charge in [-0.15, -0.1) is 11.8 Å². The number of thioether (sulfide) groups is 1. The van der Waals surface area contributed by atoms with Gasteiger partial charge in [0.1, 0.15) is 0 Å². The fourth-order valence-electron chi connectivity index (χ4n) is 2.18. The van der Waals surface area contributed by atoms with Crippen LogP contribution in [0.15, 0.2) is 45.3 Å². The molecule has 2 aromatic carbocycles. The molecular formula is C13H8N2S. The van der Waals surface area contributed by atoms with Gasteiger partial charge in [-0.05, 0) is 41.1 Å². The zero-order valence-corrected chi connectivity index (χ0v) is 9.29. The molecule has 0 saturated heterocycles. The molecule has 2 aromatic rings. The Hall–Kier alpha value is -1.61. The zero-order valence-electron chi connectivity index (χ0n) is 8.47. The van der Waals surface area contributed by atoms with E-state index in [0.29, 0.717) is 0 Å². The van der Waals surface area contributed by atoms with Crippen LogP contribution >= 0.6 is 11.8 Å². The third-order valence-electron chi connectivity index (χ3n) is 2.99. The maximum atomic E-state index is 4.46. The van der Waals surface area contributed by atoms with Crippen LogP contribution in [0.3, 0.4) is 0 Å². The minimum absolute atomic E-state index is 0.857. The molecule has 0 aromatic heterocycles. The number of hydrogen-bond acceptors (Lipinski definition) is 3. The summed E-state index contributed by atoms with van der Waals surface area (Å²) in [6, 6.07) is 8.75. The Morgan fingerprint density at radius 3 is 2.88 bits per heavy atom. The molecule has 0 atom stereocenters. The van der Waals surface area contributed by atoms with Gasteiger partial charge in [0.05, 0.1) is 16.6 Å². The van der Waals surface area contributed by atoms with Gasteiger partial charge in [0.25, 0.3) is 0 Å². The van der Waals surface area contributed by atoms with Gasteiger partial charge >= 0.3 is 0 Å². The second-order valence-corrected chi connectivity index (χ2v) is 4.94. The SMILES string of the molecule is C1=Cc2cc3cc4c(cc3cc2=N1)SCN=4. The maximum Gasteiger partial charge on any atom is 0.0898 e. The minimum atomic E-state index is 0.857. The summed E-state index contributed by atoms with van der Waals surface area (Å²) in [4.78, 5) is 10.1. The minimum Gasteiger partial charge on any atom is -0.273 e. The second kappa shape index (κ2) is 2.95. The van der Waals surface area contributed by atoms with Gasteiger partial charge in [0.15, 0.2) is 0 Å². The van der Waals surface area contributed by atoms with Gasteiger partial charge in [-0.3, -0.25) is 9.98 Å². The van der Waals surface area contributed by atoms with Gasteiger partial charge < -0.3 is 0 Å². The summed E-state index contributed by atoms with van der Waals surface area (Å²) >= 11 is 1.80. The Morgan fingerprint density at radius 2 is 1.88 bits per heavy atom. The monoisotopic (exact) mass is 224 g/mol. The second-order valence-electron chi connectivity index (χ2n) is 3.95. The molecule has 0 amide bonds. The van der Waals surface area contributed by atoms with Crippen LogP contribution in [0, 0.1) is 0 Å². The summed E-state index contributed by atoms with van der Waals surface area (Å²) in [6.07, 6.45) is 3.91. The molecule has 0 unspecified atom stereocenters. The van der Waals surface area contributed by atoms with Crippen LogP contribution in [0.5, 0.6) is 0 Å². The molecule has 0 saturated carbocycles. The molecule has 2 heterocycles. The lowest BCUT2D eigenvalue weighted by atomic mass is 10.1. The lowest BCUT2D eigenvalue weighted by Gasteiger charge is -2.00. The van der Waals surface area contributed by atoms with Crippen molar-refractivity contribution in [3.05, 3.63) is 46.7 Å². The Balaban J connectivity index is 2.17. The average Bonchev–Trinajstić information content (AvgIpc) is 2.89. The first-order valence-corrected chi connectivity index (χ1v) is 6.18. The lowest BCUT2D eigenvalue weighted by Crippen LogP contribution is -2.05. The molecule has 76 valence electrons. The van der Waals surface area contributed by atoms with Crippen LogP contribution in [-0.4, -0.2) is 5.88 Å². The Morgan fingerprint density at radius 1 is 1.00 bits per heavy atom. The zero-order chi connectivity index (χ0) is 10.5. The van der Waals surface area contributed by atoms with E-state index in [9.17, 15) is 0 Å². The van der Waals surface area contributed by atoms with Crippen LogP contribution in [0.2, 0.25) is 0 Å². The van der Waals surface area contributed by atoms with E-state index < -0.39 is 0 Å². The predicted molar refractivity (Wildman–Crippen MR) is 66.0 cm³/mol. The van der Waals surface area contributed by atoms with Crippen molar-refractivity contribution < 1.29 is 0 Å². The van der Waals surface area contributed by atoms with E-state index in [0.717, 1.165) is 16.6 Å². The topological polar surface area (TPSA) is 24.7 Å². The fourth-order valence-corrected chi connectivity index (χ4v) is 3.00. The van der Waals surface area contributed by atoms with E-state index in [4.69, 9.17) is 0 Å². The van der Waals surface area contributed by atoms with Crippen LogP contribution < -0.4 is 10.7 Å². The Kier molecular flexibility index (Phi) is 1.57. The van der Waals surface area contributed by atoms with Gasteiger partial charge in [0.2, 0.25) is 0 Å². The van der Waals surface area contributed by atoms with Gasteiger partial charge in [-0.1, -0.05) is 0 Å². The number of benzene rings is 2. The Labute approximate surface area is 96.4 Å². The van der Waals surface area contributed by atoms with Crippen LogP contribution in [0.25, 0.3) is 16.8 Å². The molecule has 0 bridgehead atoms. The van der Waals surface area contributed by atoms with E-state index in [1.165, 1.54) is 21.2 Å². The van der Waals surface area contributed by atoms with Crippen molar-refractivity contribution in [1.29, 1.82) is 0 Å². The van der Waals surface area contributed by atoms with Crippen molar-refractivity contribution in [2.75, 3.05) is 5.88 Å². The molecule has 0 fully saturated rings. The summed E-state index contributed by atoms with van der Waals surface area (Å²) in [5.41, 5.74) is 1.21. The summed E-state index contributed by atoms with van der Waals surface area (Å²) < 4.78 is 0. The molecule has 0 aliphatic carbocycles. The lowest BCUT2D eigenvalue weighted by molar-refractivity contribution is 1.22. The summed E-state index contributed by atoms with van der Waals surface area (Å²) in [5.74, 6) is 0.857. The van der Waals surface area contributed by atoms with Gasteiger partial charge in [-0.25, -0.2) is 0 Å². The molecule has 0 N–H and O–H groups in total. The molecule has 0 radical (unpaired) electrons. The quantitative estimate of drug-likeness (QED) is 0.672. The van der Waals surface area contributed by atoms with E-state index in [1.54, 1.807) is 11.8 Å². The predicted octanol–water partition coefficient (Wildman–Crippen LogP) is 2.13. The van der Waals surface area contributed by atoms with Crippen molar-refractivity contribution in [3.8, 4) is 0 Å². The van der Waals surface area contributed by atoms with Crippen molar-refractivity contribution in [2.45, 2.75) is 4.90 Å². The summed E-state index contributed by atoms with van der Waals surface area (Å²) in [7, 11) is 0. The number of hydrogen-bond donors (Lipinski definition) is 0. The highest BCUT2D eigenvalue weighted by Gasteiger charge is 2.08. The van der Waals surface area contributed by atoms with Crippen LogP contribution in [-0.2, 0) is 0 Å². The highest BCUT2D eigenvalue weighted by Crippen LogP contribution is 2.23. The molecule has 2 aliphatic heterocycles. The average molecular weight is 224 g/mol. The molecule has 0 spiro atoms. The Bertz CT molecular complexity index is 760. The van der Waals surface area contributed by atoms with E-state index in [2.05, 4.69) is 34.3 Å². The van der Waals surface area contributed by atoms with Gasteiger partial charge in [0, 0.05) is 16.7 Å². The number of fused-ring (bicyclic) bond motifs is 3. The summed E-state index contributed by atoms with van der Waals surface area (Å²) in [6.45, 7) is 0. The largest absolute Gasteiger partial charge is 0.273 e. The molecule has 2 nitrogen and oxygen atoms in total. The molecule has 4 rings (SSSR count). The third kappa shape index (κ3) is 1.09. The number of nitrogens with zero attached hydrogens (tertiary/aromatic N) is 2. The first kappa shape index (κ1) is 8.53. The van der Waals surface area contributed by atoms with Crippen molar-refractivity contribution in [1.82, 2.24) is 0 Å². The molecule has 16 heavy (non-hydrogen) atoms. The first-order valence-electron chi connectivity index (χ1n) is 5.20. The highest BCUT2D eigenvalue weighted by atomic mass is 32.2. The molecular weight excluding hydrogens is 216 g/mol. The van der Waals surface area contributed by atoms with Crippen LogP contribution in [0.4, 0.5) is 0 Å². The van der Waals surface area contributed by atoms with Crippen molar-refractivity contribution in [3.63, 3.8) is 0 Å². The molecule has 3 heteroatoms. The highest BCUT2D eigenvalue weighted by molar-refractivity contribution is 7.99. The van der Waals surface area contributed by atoms with Crippen LogP contribution in [0.1, 0.15) is 5.56 Å². The normalized spacial score (nSPS) is 15.8. The number of rotatable bonds is 0. The maximum absolute atomic E-state index is 4.46.